The molecule has 2 aliphatic heterocycles. The van der Waals surface area contributed by atoms with Crippen LogP contribution in [-0.4, -0.2) is 21.1 Å². The van der Waals surface area contributed by atoms with Crippen LogP contribution in [0.3, 0.4) is 0 Å². The number of fused-ring (bicyclic) bond motifs is 8. The molecule has 0 saturated carbocycles. The third-order valence-electron chi connectivity index (χ3n) is 5.94. The minimum Gasteiger partial charge on any atom is -0.494 e. The van der Waals surface area contributed by atoms with E-state index in [0.717, 1.165) is 63.5 Å². The van der Waals surface area contributed by atoms with E-state index in [1.54, 1.807) is 0 Å². The predicted octanol–water partition coefficient (Wildman–Crippen LogP) is 2.88. The Balaban J connectivity index is 1.71. The number of hydrogen-bond donors (Lipinski definition) is 3. The van der Waals surface area contributed by atoms with Crippen LogP contribution in [0.4, 0.5) is 5.69 Å². The van der Waals surface area contributed by atoms with E-state index >= 15 is 0 Å². The van der Waals surface area contributed by atoms with Crippen LogP contribution in [0.5, 0.6) is 11.8 Å². The van der Waals surface area contributed by atoms with Gasteiger partial charge in [-0.25, -0.2) is 4.99 Å². The van der Waals surface area contributed by atoms with Crippen molar-refractivity contribution in [3.05, 3.63) is 39.9 Å². The van der Waals surface area contributed by atoms with E-state index < -0.39 is 0 Å². The van der Waals surface area contributed by atoms with Crippen molar-refractivity contribution in [2.45, 2.75) is 32.1 Å². The molecule has 0 saturated heterocycles. The summed E-state index contributed by atoms with van der Waals surface area (Å²) in [6.07, 6.45) is 3.71. The van der Waals surface area contributed by atoms with Crippen LogP contribution in [0.2, 0.25) is 0 Å². The molecule has 0 spiro atoms. The molecule has 3 heterocycles. The number of carbonyl (C=O) groups excluding carboxylic acids is 1. The van der Waals surface area contributed by atoms with Crippen molar-refractivity contribution in [2.24, 2.45) is 15.2 Å². The Labute approximate surface area is 158 Å². The molecule has 0 bridgehead atoms. The summed E-state index contributed by atoms with van der Waals surface area (Å²) in [6.45, 7) is 0. The van der Waals surface area contributed by atoms with E-state index in [2.05, 4.69) is 15.2 Å². The lowest BCUT2D eigenvalue weighted by atomic mass is 9.93. The van der Waals surface area contributed by atoms with Crippen molar-refractivity contribution in [2.75, 3.05) is 0 Å². The molecule has 7 heteroatoms. The van der Waals surface area contributed by atoms with Gasteiger partial charge in [-0.3, -0.25) is 9.78 Å². The SMILES string of the molecule is O=C1CCC(=c2ccc3c(c2)-c2c(c4c(c5c(O)[nH]c(O)c25)CCC4)N=3)N=N1. The van der Waals surface area contributed by atoms with Crippen molar-refractivity contribution < 1.29 is 15.0 Å². The number of carbonyl (C=O) groups is 1. The topological polar surface area (TPSA) is 110 Å². The number of aryl methyl sites for hydroxylation is 1. The third kappa shape index (κ3) is 1.93. The average Bonchev–Trinajstić information content (AvgIpc) is 3.37. The molecule has 0 unspecified atom stereocenters. The maximum atomic E-state index is 11.3. The molecule has 3 aliphatic rings. The van der Waals surface area contributed by atoms with Gasteiger partial charge in [0.05, 0.1) is 27.5 Å². The van der Waals surface area contributed by atoms with Crippen LogP contribution >= 0.6 is 0 Å². The van der Waals surface area contributed by atoms with Crippen molar-refractivity contribution in [1.82, 2.24) is 4.98 Å². The molecular formula is C21H16N4O3. The molecule has 6 rings (SSSR count). The summed E-state index contributed by atoms with van der Waals surface area (Å²) >= 11 is 0. The zero-order valence-corrected chi connectivity index (χ0v) is 14.9. The van der Waals surface area contributed by atoms with Gasteiger partial charge < -0.3 is 10.2 Å². The fraction of sp³-hybridized carbons (Fsp3) is 0.238. The van der Waals surface area contributed by atoms with Gasteiger partial charge in [0.2, 0.25) is 0 Å². The van der Waals surface area contributed by atoms with Gasteiger partial charge in [-0.1, -0.05) is 6.07 Å². The van der Waals surface area contributed by atoms with E-state index in [1.807, 2.05) is 18.2 Å². The molecule has 138 valence electrons. The van der Waals surface area contributed by atoms with Crippen LogP contribution in [0.1, 0.15) is 30.4 Å². The van der Waals surface area contributed by atoms with Gasteiger partial charge in [0.1, 0.15) is 0 Å². The van der Waals surface area contributed by atoms with Crippen LogP contribution in [-0.2, 0) is 17.6 Å². The number of nitrogens with zero attached hydrogens (tertiary/aromatic N) is 3. The number of azo groups is 1. The molecule has 28 heavy (non-hydrogen) atoms. The molecule has 3 aromatic rings. The Morgan fingerprint density at radius 2 is 1.75 bits per heavy atom. The highest BCUT2D eigenvalue weighted by Crippen LogP contribution is 2.51. The quantitative estimate of drug-likeness (QED) is 0.441. The second-order valence-electron chi connectivity index (χ2n) is 7.49. The van der Waals surface area contributed by atoms with Crippen molar-refractivity contribution in [3.8, 4) is 22.9 Å². The molecule has 1 aromatic heterocycles. The number of benzene rings is 2. The van der Waals surface area contributed by atoms with Crippen molar-refractivity contribution >= 4 is 28.1 Å². The Hall–Kier alpha value is -3.48. The Morgan fingerprint density at radius 3 is 2.57 bits per heavy atom. The monoisotopic (exact) mass is 372 g/mol. The third-order valence-corrected chi connectivity index (χ3v) is 5.94. The predicted molar refractivity (Wildman–Crippen MR) is 102 cm³/mol. The minimum atomic E-state index is -0.199. The number of amides is 1. The summed E-state index contributed by atoms with van der Waals surface area (Å²) < 4.78 is 0. The number of hydrogen-bond acceptors (Lipinski definition) is 5. The minimum absolute atomic E-state index is 0.00650. The summed E-state index contributed by atoms with van der Waals surface area (Å²) in [4.78, 5) is 18.9. The standard InChI is InChI=1S/C21H16N4O3/c26-15-7-6-13(24-25-15)9-4-5-14-12(8-9)16-18-17(20(27)23-21(18)28)10-2-1-3-11(10)19(16)22-14/h4-5,8,23,27-28H,1-3,6-7H2. The molecule has 0 atom stereocenters. The van der Waals surface area contributed by atoms with Crippen LogP contribution < -0.4 is 10.6 Å². The first-order valence-electron chi connectivity index (χ1n) is 9.40. The van der Waals surface area contributed by atoms with Crippen molar-refractivity contribution in [1.29, 1.82) is 0 Å². The zero-order valence-electron chi connectivity index (χ0n) is 14.9. The van der Waals surface area contributed by atoms with Gasteiger partial charge in [0.15, 0.2) is 11.8 Å². The first-order valence-corrected chi connectivity index (χ1v) is 9.40. The van der Waals surface area contributed by atoms with Crippen molar-refractivity contribution in [3.63, 3.8) is 0 Å². The lowest BCUT2D eigenvalue weighted by Gasteiger charge is -2.10. The lowest BCUT2D eigenvalue weighted by molar-refractivity contribution is -0.118. The summed E-state index contributed by atoms with van der Waals surface area (Å²) in [5.74, 6) is -0.232. The van der Waals surface area contributed by atoms with Gasteiger partial charge in [-0.05, 0) is 47.7 Å². The number of H-pyrrole nitrogens is 1. The van der Waals surface area contributed by atoms with Gasteiger partial charge >= 0.3 is 0 Å². The number of nitrogens with one attached hydrogen (secondary N) is 1. The Bertz CT molecular complexity index is 1380. The summed E-state index contributed by atoms with van der Waals surface area (Å²) in [5.41, 5.74) is 5.66. The fourth-order valence-corrected chi connectivity index (χ4v) is 4.72. The van der Waals surface area contributed by atoms with E-state index in [-0.39, 0.29) is 17.7 Å². The molecular weight excluding hydrogens is 356 g/mol. The van der Waals surface area contributed by atoms with Gasteiger partial charge in [0.25, 0.3) is 5.91 Å². The molecule has 7 nitrogen and oxygen atoms in total. The van der Waals surface area contributed by atoms with E-state index in [1.165, 1.54) is 0 Å². The maximum Gasteiger partial charge on any atom is 0.265 e. The largest absolute Gasteiger partial charge is 0.494 e. The smallest absolute Gasteiger partial charge is 0.265 e. The summed E-state index contributed by atoms with van der Waals surface area (Å²) in [6, 6.07) is 5.89. The van der Waals surface area contributed by atoms with Gasteiger partial charge in [-0.2, -0.15) is 5.11 Å². The molecule has 2 aromatic carbocycles. The Morgan fingerprint density at radius 1 is 0.929 bits per heavy atom. The maximum absolute atomic E-state index is 11.3. The first-order chi connectivity index (χ1) is 13.6. The second kappa shape index (κ2) is 5.28. The van der Waals surface area contributed by atoms with Gasteiger partial charge in [-0.15, -0.1) is 5.11 Å². The lowest BCUT2D eigenvalue weighted by Crippen LogP contribution is -2.13. The normalized spacial score (nSPS) is 18.9. The van der Waals surface area contributed by atoms with Crippen LogP contribution in [0.15, 0.2) is 33.4 Å². The Kier molecular flexibility index (Phi) is 2.94. The van der Waals surface area contributed by atoms with Crippen LogP contribution in [0.25, 0.3) is 27.6 Å². The number of aromatic hydroxyl groups is 2. The molecule has 0 fully saturated rings. The average molecular weight is 372 g/mol. The molecule has 0 radical (unpaired) electrons. The highest BCUT2D eigenvalue weighted by molar-refractivity contribution is 6.11. The molecule has 3 N–H and O–H groups in total. The number of aromatic amines is 1. The molecule has 1 amide bonds. The van der Waals surface area contributed by atoms with E-state index in [0.29, 0.717) is 23.6 Å². The number of rotatable bonds is 0. The highest BCUT2D eigenvalue weighted by atomic mass is 16.3. The second-order valence-corrected chi connectivity index (χ2v) is 7.49. The van der Waals surface area contributed by atoms with E-state index in [4.69, 9.17) is 4.99 Å². The first kappa shape index (κ1) is 15.6. The summed E-state index contributed by atoms with van der Waals surface area (Å²) in [7, 11) is 0. The van der Waals surface area contributed by atoms with E-state index in [9.17, 15) is 15.0 Å². The molecule has 1 aliphatic carbocycles. The highest BCUT2D eigenvalue weighted by Gasteiger charge is 2.31. The van der Waals surface area contributed by atoms with Crippen LogP contribution in [0, 0.1) is 0 Å². The fourth-order valence-electron chi connectivity index (χ4n) is 4.72. The van der Waals surface area contributed by atoms with Gasteiger partial charge in [0, 0.05) is 24.0 Å². The zero-order chi connectivity index (χ0) is 19.0. The summed E-state index contributed by atoms with van der Waals surface area (Å²) in [5, 5.41) is 31.8. The number of aromatic nitrogens is 1.